The monoisotopic (exact) mass is 264 g/mol. The average Bonchev–Trinajstić information content (AvgIpc) is 2.77. The van der Waals surface area contributed by atoms with Crippen LogP contribution in [0.2, 0.25) is 0 Å². The molecule has 1 aliphatic carbocycles. The van der Waals surface area contributed by atoms with Crippen LogP contribution in [-0.4, -0.2) is 10.9 Å². The summed E-state index contributed by atoms with van der Waals surface area (Å²) in [6, 6.07) is 0.313. The molecule has 2 atom stereocenters. The van der Waals surface area contributed by atoms with Crippen LogP contribution in [0.5, 0.6) is 0 Å². The topological polar surface area (TPSA) is 55.1 Å². The van der Waals surface area contributed by atoms with E-state index < -0.39 is 0 Å². The third-order valence-electron chi connectivity index (χ3n) is 4.13. The first-order valence-electron chi connectivity index (χ1n) is 7.37. The van der Waals surface area contributed by atoms with Gasteiger partial charge < -0.3 is 4.42 Å². The maximum absolute atomic E-state index is 11.7. The van der Waals surface area contributed by atoms with Crippen molar-refractivity contribution >= 4 is 11.9 Å². The van der Waals surface area contributed by atoms with Gasteiger partial charge in [0.2, 0.25) is 5.91 Å². The average molecular weight is 264 g/mol. The number of hydrogen-bond donors (Lipinski definition) is 1. The molecule has 1 amide bonds. The van der Waals surface area contributed by atoms with Crippen molar-refractivity contribution in [3.8, 4) is 0 Å². The third-order valence-corrected chi connectivity index (χ3v) is 4.13. The molecule has 1 N–H and O–H groups in total. The molecule has 1 fully saturated rings. The zero-order chi connectivity index (χ0) is 13.7. The molecule has 4 heteroatoms. The summed E-state index contributed by atoms with van der Waals surface area (Å²) in [7, 11) is 0. The minimum absolute atomic E-state index is 0.00492. The molecule has 4 nitrogen and oxygen atoms in total. The van der Waals surface area contributed by atoms with Gasteiger partial charge in [0.15, 0.2) is 0 Å². The molecular formula is C15H24N2O2. The number of anilines is 1. The van der Waals surface area contributed by atoms with Gasteiger partial charge in [-0.05, 0) is 31.6 Å². The first-order chi connectivity index (χ1) is 9.15. The molecule has 0 bridgehead atoms. The van der Waals surface area contributed by atoms with Crippen molar-refractivity contribution in [2.75, 3.05) is 5.32 Å². The number of amides is 1. The Morgan fingerprint density at radius 1 is 1.47 bits per heavy atom. The van der Waals surface area contributed by atoms with E-state index in [9.17, 15) is 4.79 Å². The minimum Gasteiger partial charge on any atom is -0.432 e. The van der Waals surface area contributed by atoms with Crippen molar-refractivity contribution in [2.24, 2.45) is 11.8 Å². The Hall–Kier alpha value is -1.32. The van der Waals surface area contributed by atoms with E-state index in [-0.39, 0.29) is 5.91 Å². The van der Waals surface area contributed by atoms with Gasteiger partial charge >= 0.3 is 6.01 Å². The molecule has 0 spiro atoms. The Bertz CT molecular complexity index is 414. The normalized spacial score (nSPS) is 23.3. The summed E-state index contributed by atoms with van der Waals surface area (Å²) in [5, 5.41) is 2.69. The van der Waals surface area contributed by atoms with Crippen molar-refractivity contribution in [2.45, 2.75) is 58.8 Å². The van der Waals surface area contributed by atoms with Crippen LogP contribution < -0.4 is 5.32 Å². The molecular weight excluding hydrogens is 240 g/mol. The lowest BCUT2D eigenvalue weighted by molar-refractivity contribution is -0.116. The van der Waals surface area contributed by atoms with E-state index in [1.54, 1.807) is 6.26 Å². The minimum atomic E-state index is 0.00492. The van der Waals surface area contributed by atoms with E-state index in [1.807, 2.05) is 6.92 Å². The van der Waals surface area contributed by atoms with Crippen LogP contribution >= 0.6 is 0 Å². The van der Waals surface area contributed by atoms with Gasteiger partial charge in [-0.25, -0.2) is 0 Å². The molecule has 0 saturated heterocycles. The third kappa shape index (κ3) is 4.37. The summed E-state index contributed by atoms with van der Waals surface area (Å²) in [6.07, 6.45) is 9.65. The van der Waals surface area contributed by atoms with E-state index in [2.05, 4.69) is 17.2 Å². The Labute approximate surface area is 115 Å². The molecule has 0 aromatic carbocycles. The lowest BCUT2D eigenvalue weighted by Gasteiger charge is -2.28. The van der Waals surface area contributed by atoms with Crippen LogP contribution in [-0.2, 0) is 4.79 Å². The molecule has 106 valence electrons. The fourth-order valence-corrected chi connectivity index (χ4v) is 2.94. The van der Waals surface area contributed by atoms with E-state index >= 15 is 0 Å². The number of aromatic nitrogens is 1. The first kappa shape index (κ1) is 14.1. The van der Waals surface area contributed by atoms with Gasteiger partial charge in [-0.1, -0.05) is 32.6 Å². The van der Waals surface area contributed by atoms with Gasteiger partial charge in [-0.2, -0.15) is 4.98 Å². The standard InChI is InChI=1S/C15H24N2O2/c1-11-6-3-4-7-13(11)8-5-9-14(18)17-15-16-12(2)10-19-15/h10-11,13H,3-9H2,1-2H3,(H,16,17,18). The molecule has 2 unspecified atom stereocenters. The van der Waals surface area contributed by atoms with E-state index in [4.69, 9.17) is 4.42 Å². The number of rotatable bonds is 5. The highest BCUT2D eigenvalue weighted by Crippen LogP contribution is 2.32. The SMILES string of the molecule is Cc1coc(NC(=O)CCCC2CCCCC2C)n1. The van der Waals surface area contributed by atoms with Crippen LogP contribution in [0, 0.1) is 18.8 Å². The van der Waals surface area contributed by atoms with Gasteiger partial charge in [0.05, 0.1) is 5.69 Å². The Morgan fingerprint density at radius 3 is 2.95 bits per heavy atom. The highest BCUT2D eigenvalue weighted by molar-refractivity contribution is 5.88. The molecule has 19 heavy (non-hydrogen) atoms. The largest absolute Gasteiger partial charge is 0.432 e. The lowest BCUT2D eigenvalue weighted by atomic mass is 9.78. The Kier molecular flexibility index (Phi) is 5.00. The highest BCUT2D eigenvalue weighted by atomic mass is 16.4. The molecule has 2 rings (SSSR count). The number of aryl methyl sites for hydroxylation is 1. The van der Waals surface area contributed by atoms with Crippen LogP contribution in [0.3, 0.4) is 0 Å². The van der Waals surface area contributed by atoms with Crippen molar-refractivity contribution in [3.05, 3.63) is 12.0 Å². The lowest BCUT2D eigenvalue weighted by Crippen LogP contribution is -2.18. The van der Waals surface area contributed by atoms with Crippen LogP contribution in [0.4, 0.5) is 6.01 Å². The Balaban J connectivity index is 1.66. The fraction of sp³-hybridized carbons (Fsp3) is 0.733. The summed E-state index contributed by atoms with van der Waals surface area (Å²) in [5.74, 6) is 1.64. The molecule has 1 saturated carbocycles. The van der Waals surface area contributed by atoms with Crippen molar-refractivity contribution in [3.63, 3.8) is 0 Å². The molecule has 1 aromatic heterocycles. The number of carbonyl (C=O) groups is 1. The zero-order valence-corrected chi connectivity index (χ0v) is 11.9. The van der Waals surface area contributed by atoms with E-state index in [0.29, 0.717) is 12.4 Å². The maximum atomic E-state index is 11.7. The van der Waals surface area contributed by atoms with Gasteiger partial charge in [0.25, 0.3) is 0 Å². The number of carbonyl (C=O) groups excluding carboxylic acids is 1. The molecule has 1 heterocycles. The van der Waals surface area contributed by atoms with Crippen LogP contribution in [0.25, 0.3) is 0 Å². The second-order valence-electron chi connectivity index (χ2n) is 5.76. The molecule has 1 aromatic rings. The maximum Gasteiger partial charge on any atom is 0.301 e. The van der Waals surface area contributed by atoms with Gasteiger partial charge in [0, 0.05) is 6.42 Å². The highest BCUT2D eigenvalue weighted by Gasteiger charge is 2.21. The summed E-state index contributed by atoms with van der Waals surface area (Å²) in [5.41, 5.74) is 0.784. The second-order valence-corrected chi connectivity index (χ2v) is 5.76. The smallest absolute Gasteiger partial charge is 0.301 e. The van der Waals surface area contributed by atoms with Gasteiger partial charge in [0.1, 0.15) is 6.26 Å². The van der Waals surface area contributed by atoms with Crippen molar-refractivity contribution in [1.29, 1.82) is 0 Å². The summed E-state index contributed by atoms with van der Waals surface area (Å²) in [6.45, 7) is 4.18. The summed E-state index contributed by atoms with van der Waals surface area (Å²) >= 11 is 0. The summed E-state index contributed by atoms with van der Waals surface area (Å²) < 4.78 is 5.11. The molecule has 1 aliphatic rings. The number of nitrogens with one attached hydrogen (secondary N) is 1. The number of oxazole rings is 1. The van der Waals surface area contributed by atoms with E-state index in [0.717, 1.165) is 24.0 Å². The number of nitrogens with zero attached hydrogens (tertiary/aromatic N) is 1. The first-order valence-corrected chi connectivity index (χ1v) is 7.37. The van der Waals surface area contributed by atoms with Gasteiger partial charge in [-0.3, -0.25) is 10.1 Å². The predicted molar refractivity (Wildman–Crippen MR) is 74.8 cm³/mol. The van der Waals surface area contributed by atoms with Crippen molar-refractivity contribution < 1.29 is 9.21 Å². The second kappa shape index (κ2) is 6.73. The summed E-state index contributed by atoms with van der Waals surface area (Å²) in [4.78, 5) is 15.8. The number of hydrogen-bond acceptors (Lipinski definition) is 3. The van der Waals surface area contributed by atoms with Crippen LogP contribution in [0.15, 0.2) is 10.7 Å². The fourth-order valence-electron chi connectivity index (χ4n) is 2.94. The molecule has 0 aliphatic heterocycles. The van der Waals surface area contributed by atoms with Crippen molar-refractivity contribution in [1.82, 2.24) is 4.98 Å². The quantitative estimate of drug-likeness (QED) is 0.877. The predicted octanol–water partition coefficient (Wildman–Crippen LogP) is 3.92. The van der Waals surface area contributed by atoms with Crippen LogP contribution in [0.1, 0.15) is 57.6 Å². The zero-order valence-electron chi connectivity index (χ0n) is 11.9. The van der Waals surface area contributed by atoms with E-state index in [1.165, 1.54) is 32.1 Å². The molecule has 0 radical (unpaired) electrons. The van der Waals surface area contributed by atoms with Gasteiger partial charge in [-0.15, -0.1) is 0 Å². The Morgan fingerprint density at radius 2 is 2.26 bits per heavy atom.